The molecule has 2 aromatic rings. The van der Waals surface area contributed by atoms with Gasteiger partial charge in [-0.25, -0.2) is 4.98 Å². The van der Waals surface area contributed by atoms with Gasteiger partial charge in [0.2, 0.25) is 5.88 Å². The molecule has 1 aromatic heterocycles. The summed E-state index contributed by atoms with van der Waals surface area (Å²) in [7, 11) is 1.63. The first kappa shape index (κ1) is 14.3. The molecule has 0 fully saturated rings. The number of hydrogen-bond acceptors (Lipinski definition) is 4. The number of ether oxygens (including phenoxy) is 2. The van der Waals surface area contributed by atoms with Gasteiger partial charge in [0, 0.05) is 24.4 Å². The van der Waals surface area contributed by atoms with Crippen molar-refractivity contribution in [2.75, 3.05) is 7.11 Å². The molecule has 4 heteroatoms. The molecule has 1 heterocycles. The molecule has 0 aliphatic heterocycles. The molecular weight excluding hydrogens is 252 g/mol. The van der Waals surface area contributed by atoms with Gasteiger partial charge < -0.3 is 15.2 Å². The van der Waals surface area contributed by atoms with Crippen LogP contribution in [-0.2, 0) is 6.54 Å². The molecule has 0 aliphatic carbocycles. The largest absolute Gasteiger partial charge is 0.497 e. The van der Waals surface area contributed by atoms with Crippen molar-refractivity contribution >= 4 is 0 Å². The van der Waals surface area contributed by atoms with Crippen LogP contribution in [0.4, 0.5) is 0 Å². The summed E-state index contributed by atoms with van der Waals surface area (Å²) >= 11 is 0. The van der Waals surface area contributed by atoms with Gasteiger partial charge in [0.25, 0.3) is 0 Å². The summed E-state index contributed by atoms with van der Waals surface area (Å²) in [4.78, 5) is 4.51. The Morgan fingerprint density at radius 3 is 2.55 bits per heavy atom. The highest BCUT2D eigenvalue weighted by molar-refractivity contribution is 5.36. The van der Waals surface area contributed by atoms with Gasteiger partial charge in [-0.15, -0.1) is 0 Å². The molecule has 4 nitrogen and oxygen atoms in total. The summed E-state index contributed by atoms with van der Waals surface area (Å²) < 4.78 is 11.0. The number of nitrogens with two attached hydrogens (primary N) is 1. The van der Waals surface area contributed by atoms with Gasteiger partial charge in [0.1, 0.15) is 11.5 Å². The number of methoxy groups -OCH3 is 1. The van der Waals surface area contributed by atoms with E-state index in [9.17, 15) is 0 Å². The zero-order valence-electron chi connectivity index (χ0n) is 12.1. The summed E-state index contributed by atoms with van der Waals surface area (Å²) in [5, 5.41) is 0. The first-order valence-electron chi connectivity index (χ1n) is 6.65. The Kier molecular flexibility index (Phi) is 4.58. The highest BCUT2D eigenvalue weighted by Crippen LogP contribution is 2.26. The second-order valence-corrected chi connectivity index (χ2v) is 4.88. The van der Waals surface area contributed by atoms with E-state index in [0.29, 0.717) is 24.1 Å². The average molecular weight is 272 g/mol. The zero-order chi connectivity index (χ0) is 14.5. The highest BCUT2D eigenvalue weighted by Gasteiger charge is 2.08. The van der Waals surface area contributed by atoms with Crippen LogP contribution >= 0.6 is 0 Å². The van der Waals surface area contributed by atoms with Crippen LogP contribution in [0, 0.1) is 0 Å². The number of pyridine rings is 1. The summed E-state index contributed by atoms with van der Waals surface area (Å²) in [6.07, 6.45) is 0. The van der Waals surface area contributed by atoms with Crippen molar-refractivity contribution in [3.05, 3.63) is 47.7 Å². The van der Waals surface area contributed by atoms with Crippen LogP contribution in [0.5, 0.6) is 17.4 Å². The van der Waals surface area contributed by atoms with Crippen molar-refractivity contribution in [2.45, 2.75) is 26.3 Å². The average Bonchev–Trinajstić information content (AvgIpc) is 2.47. The number of aromatic nitrogens is 1. The Morgan fingerprint density at radius 2 is 1.90 bits per heavy atom. The van der Waals surface area contributed by atoms with Gasteiger partial charge >= 0.3 is 0 Å². The highest BCUT2D eigenvalue weighted by atomic mass is 16.5. The maximum absolute atomic E-state index is 5.81. The maximum atomic E-state index is 5.81. The van der Waals surface area contributed by atoms with Gasteiger partial charge in [-0.1, -0.05) is 19.9 Å². The lowest BCUT2D eigenvalue weighted by atomic mass is 10.1. The van der Waals surface area contributed by atoms with Gasteiger partial charge in [0.15, 0.2) is 0 Å². The first-order chi connectivity index (χ1) is 9.62. The van der Waals surface area contributed by atoms with Crippen LogP contribution in [0.1, 0.15) is 31.0 Å². The summed E-state index contributed by atoms with van der Waals surface area (Å²) in [5.74, 6) is 2.33. The molecule has 0 atom stereocenters. The van der Waals surface area contributed by atoms with Crippen molar-refractivity contribution < 1.29 is 9.47 Å². The lowest BCUT2D eigenvalue weighted by Crippen LogP contribution is -2.02. The van der Waals surface area contributed by atoms with Crippen molar-refractivity contribution in [1.29, 1.82) is 0 Å². The molecule has 20 heavy (non-hydrogen) atoms. The minimum atomic E-state index is 0.328. The summed E-state index contributed by atoms with van der Waals surface area (Å²) in [5.41, 5.74) is 7.72. The first-order valence-corrected chi connectivity index (χ1v) is 6.65. The Labute approximate surface area is 119 Å². The van der Waals surface area contributed by atoms with E-state index in [0.717, 1.165) is 17.0 Å². The lowest BCUT2D eigenvalue weighted by molar-refractivity contribution is 0.407. The molecule has 0 saturated heterocycles. The van der Waals surface area contributed by atoms with Crippen LogP contribution in [0.3, 0.4) is 0 Å². The van der Waals surface area contributed by atoms with E-state index in [1.165, 1.54) is 0 Å². The predicted octanol–water partition coefficient (Wildman–Crippen LogP) is 3.46. The van der Waals surface area contributed by atoms with Crippen molar-refractivity contribution in [3.8, 4) is 17.4 Å². The molecule has 1 aromatic carbocycles. The standard InChI is InChI=1S/C16H20N2O2/c1-11(2)15-7-12(10-17)8-16(18-15)20-14-6-4-5-13(9-14)19-3/h4-9,11H,10,17H2,1-3H3. The SMILES string of the molecule is COc1cccc(Oc2cc(CN)cc(C(C)C)n2)c1. The monoisotopic (exact) mass is 272 g/mol. The van der Waals surface area contributed by atoms with Crippen LogP contribution in [0.25, 0.3) is 0 Å². The second-order valence-electron chi connectivity index (χ2n) is 4.88. The van der Waals surface area contributed by atoms with Crippen molar-refractivity contribution in [2.24, 2.45) is 5.73 Å². The van der Waals surface area contributed by atoms with E-state index < -0.39 is 0 Å². The van der Waals surface area contributed by atoms with E-state index in [1.54, 1.807) is 7.11 Å². The fraction of sp³-hybridized carbons (Fsp3) is 0.312. The van der Waals surface area contributed by atoms with Gasteiger partial charge in [-0.2, -0.15) is 0 Å². The Morgan fingerprint density at radius 1 is 1.15 bits per heavy atom. The van der Waals surface area contributed by atoms with Gasteiger partial charge in [-0.3, -0.25) is 0 Å². The van der Waals surface area contributed by atoms with Crippen LogP contribution in [0.2, 0.25) is 0 Å². The van der Waals surface area contributed by atoms with Crippen LogP contribution in [-0.4, -0.2) is 12.1 Å². The Balaban J connectivity index is 2.29. The van der Waals surface area contributed by atoms with Crippen LogP contribution in [0.15, 0.2) is 36.4 Å². The van der Waals surface area contributed by atoms with Crippen molar-refractivity contribution in [1.82, 2.24) is 4.98 Å². The van der Waals surface area contributed by atoms with E-state index in [1.807, 2.05) is 36.4 Å². The zero-order valence-corrected chi connectivity index (χ0v) is 12.1. The fourth-order valence-corrected chi connectivity index (χ4v) is 1.83. The topological polar surface area (TPSA) is 57.4 Å². The fourth-order valence-electron chi connectivity index (χ4n) is 1.83. The number of nitrogens with zero attached hydrogens (tertiary/aromatic N) is 1. The van der Waals surface area contributed by atoms with E-state index in [4.69, 9.17) is 15.2 Å². The molecule has 2 N–H and O–H groups in total. The molecule has 0 aliphatic rings. The number of hydrogen-bond donors (Lipinski definition) is 1. The summed E-state index contributed by atoms with van der Waals surface area (Å²) in [6, 6.07) is 11.3. The number of benzene rings is 1. The molecule has 0 amide bonds. The Hall–Kier alpha value is -2.07. The molecule has 106 valence electrons. The molecule has 2 rings (SSSR count). The lowest BCUT2D eigenvalue weighted by Gasteiger charge is -2.11. The Bertz CT molecular complexity index is 582. The molecule has 0 spiro atoms. The van der Waals surface area contributed by atoms with E-state index in [2.05, 4.69) is 18.8 Å². The molecule has 0 saturated carbocycles. The number of rotatable bonds is 5. The van der Waals surface area contributed by atoms with Gasteiger partial charge in [0.05, 0.1) is 7.11 Å². The molecular formula is C16H20N2O2. The summed E-state index contributed by atoms with van der Waals surface area (Å²) in [6.45, 7) is 4.66. The molecule has 0 radical (unpaired) electrons. The predicted molar refractivity (Wildman–Crippen MR) is 79.3 cm³/mol. The quantitative estimate of drug-likeness (QED) is 0.905. The third kappa shape index (κ3) is 3.48. The van der Waals surface area contributed by atoms with Crippen LogP contribution < -0.4 is 15.2 Å². The molecule has 0 bridgehead atoms. The second kappa shape index (κ2) is 6.39. The smallest absolute Gasteiger partial charge is 0.219 e. The minimum absolute atomic E-state index is 0.328. The van der Waals surface area contributed by atoms with E-state index >= 15 is 0 Å². The normalized spacial score (nSPS) is 10.7. The van der Waals surface area contributed by atoms with E-state index in [-0.39, 0.29) is 0 Å². The van der Waals surface area contributed by atoms with Gasteiger partial charge in [-0.05, 0) is 29.7 Å². The third-order valence-corrected chi connectivity index (χ3v) is 2.97. The van der Waals surface area contributed by atoms with Crippen molar-refractivity contribution in [3.63, 3.8) is 0 Å². The minimum Gasteiger partial charge on any atom is -0.497 e. The third-order valence-electron chi connectivity index (χ3n) is 2.97. The molecule has 0 unspecified atom stereocenters. The maximum Gasteiger partial charge on any atom is 0.219 e.